The van der Waals surface area contributed by atoms with Gasteiger partial charge in [0.15, 0.2) is 0 Å². The fraction of sp³-hybridized carbons (Fsp3) is 0.462. The lowest BCUT2D eigenvalue weighted by Crippen LogP contribution is -2.35. The molecule has 0 aliphatic carbocycles. The first-order valence-electron chi connectivity index (χ1n) is 5.77. The summed E-state index contributed by atoms with van der Waals surface area (Å²) in [4.78, 5) is 12.9. The highest BCUT2D eigenvalue weighted by atomic mass is 32.1. The Kier molecular flexibility index (Phi) is 3.88. The van der Waals surface area contributed by atoms with Crippen LogP contribution >= 0.6 is 12.6 Å². The van der Waals surface area contributed by atoms with Crippen molar-refractivity contribution < 1.29 is 4.79 Å². The molecule has 0 radical (unpaired) electrons. The Labute approximate surface area is 102 Å². The van der Waals surface area contributed by atoms with Gasteiger partial charge in [-0.25, -0.2) is 0 Å². The van der Waals surface area contributed by atoms with E-state index in [0.717, 1.165) is 32.4 Å². The number of benzene rings is 1. The molecule has 0 atom stereocenters. The number of rotatable bonds is 2. The topological polar surface area (TPSA) is 20.3 Å². The second kappa shape index (κ2) is 5.39. The van der Waals surface area contributed by atoms with Gasteiger partial charge in [-0.1, -0.05) is 43.0 Å². The first-order valence-corrected chi connectivity index (χ1v) is 6.22. The zero-order valence-corrected chi connectivity index (χ0v) is 10.2. The van der Waals surface area contributed by atoms with Crippen LogP contribution in [0.1, 0.15) is 18.4 Å². The zero-order valence-electron chi connectivity index (χ0n) is 9.30. The molecule has 1 saturated heterocycles. The van der Waals surface area contributed by atoms with Gasteiger partial charge in [-0.2, -0.15) is 0 Å². The van der Waals surface area contributed by atoms with E-state index in [1.807, 2.05) is 11.0 Å². The molecule has 16 heavy (non-hydrogen) atoms. The van der Waals surface area contributed by atoms with Crippen LogP contribution in [0.3, 0.4) is 0 Å². The van der Waals surface area contributed by atoms with Gasteiger partial charge < -0.3 is 4.90 Å². The Balaban J connectivity index is 1.84. The van der Waals surface area contributed by atoms with E-state index in [2.05, 4.69) is 36.9 Å². The molecule has 1 heterocycles. The van der Waals surface area contributed by atoms with Crippen LogP contribution in [0.25, 0.3) is 0 Å². The number of amides is 1. The number of carbonyl (C=O) groups is 1. The average molecular weight is 235 g/mol. The lowest BCUT2D eigenvalue weighted by molar-refractivity contribution is 0.193. The largest absolute Gasteiger partial charge is 0.334 e. The summed E-state index contributed by atoms with van der Waals surface area (Å²) in [6, 6.07) is 10.6. The molecular formula is C13H17NOS. The summed E-state index contributed by atoms with van der Waals surface area (Å²) in [5.74, 6) is 0.714. The normalized spacial score (nSPS) is 17.4. The van der Waals surface area contributed by atoms with Crippen molar-refractivity contribution in [2.24, 2.45) is 5.92 Å². The first-order chi connectivity index (χ1) is 7.75. The molecule has 1 aliphatic rings. The first kappa shape index (κ1) is 11.5. The molecule has 1 amide bonds. The second-order valence-corrected chi connectivity index (χ2v) is 4.79. The Morgan fingerprint density at radius 1 is 1.25 bits per heavy atom. The van der Waals surface area contributed by atoms with Crippen molar-refractivity contribution >= 4 is 17.9 Å². The number of hydrogen-bond donors (Lipinski definition) is 1. The van der Waals surface area contributed by atoms with Crippen LogP contribution in [0.2, 0.25) is 0 Å². The minimum absolute atomic E-state index is 0.0850. The highest BCUT2D eigenvalue weighted by Crippen LogP contribution is 2.22. The van der Waals surface area contributed by atoms with E-state index in [9.17, 15) is 4.79 Å². The quantitative estimate of drug-likeness (QED) is 0.781. The van der Waals surface area contributed by atoms with Gasteiger partial charge in [0.25, 0.3) is 5.24 Å². The van der Waals surface area contributed by atoms with Gasteiger partial charge >= 0.3 is 0 Å². The van der Waals surface area contributed by atoms with Crippen LogP contribution in [0.5, 0.6) is 0 Å². The van der Waals surface area contributed by atoms with Crippen LogP contribution in [-0.2, 0) is 6.42 Å². The molecule has 2 rings (SSSR count). The van der Waals surface area contributed by atoms with E-state index in [1.54, 1.807) is 0 Å². The SMILES string of the molecule is O=C(S)N1CCC(Cc2ccccc2)CC1. The third-order valence-electron chi connectivity index (χ3n) is 3.25. The Bertz CT molecular complexity index is 344. The van der Waals surface area contributed by atoms with Crippen LogP contribution in [-0.4, -0.2) is 23.2 Å². The third-order valence-corrected chi connectivity index (χ3v) is 3.54. The van der Waals surface area contributed by atoms with Crippen molar-refractivity contribution in [2.75, 3.05) is 13.1 Å². The highest BCUT2D eigenvalue weighted by molar-refractivity contribution is 7.96. The monoisotopic (exact) mass is 235 g/mol. The van der Waals surface area contributed by atoms with Crippen molar-refractivity contribution in [2.45, 2.75) is 19.3 Å². The van der Waals surface area contributed by atoms with Crippen molar-refractivity contribution in [1.82, 2.24) is 4.90 Å². The molecule has 1 aromatic carbocycles. The molecular weight excluding hydrogens is 218 g/mol. The van der Waals surface area contributed by atoms with E-state index < -0.39 is 0 Å². The molecule has 1 aromatic rings. The van der Waals surface area contributed by atoms with E-state index in [1.165, 1.54) is 5.56 Å². The second-order valence-electron chi connectivity index (χ2n) is 4.40. The molecule has 0 saturated carbocycles. The van der Waals surface area contributed by atoms with E-state index >= 15 is 0 Å². The molecule has 0 N–H and O–H groups in total. The summed E-state index contributed by atoms with van der Waals surface area (Å²) in [5.41, 5.74) is 1.40. The van der Waals surface area contributed by atoms with Crippen LogP contribution < -0.4 is 0 Å². The lowest BCUT2D eigenvalue weighted by Gasteiger charge is -2.30. The maximum absolute atomic E-state index is 11.1. The standard InChI is InChI=1S/C13H17NOS/c15-13(16)14-8-6-12(7-9-14)10-11-4-2-1-3-5-11/h1-5,12H,6-10H2,(H,15,16). The van der Waals surface area contributed by atoms with Gasteiger partial charge in [-0.05, 0) is 30.7 Å². The minimum Gasteiger partial charge on any atom is -0.334 e. The van der Waals surface area contributed by atoms with E-state index in [-0.39, 0.29) is 5.24 Å². The van der Waals surface area contributed by atoms with Gasteiger partial charge in [-0.3, -0.25) is 4.79 Å². The summed E-state index contributed by atoms with van der Waals surface area (Å²) in [6.07, 6.45) is 3.33. The molecule has 0 spiro atoms. The highest BCUT2D eigenvalue weighted by Gasteiger charge is 2.20. The van der Waals surface area contributed by atoms with Crippen molar-refractivity contribution in [3.05, 3.63) is 35.9 Å². The average Bonchev–Trinajstić information content (AvgIpc) is 2.31. The molecule has 3 heteroatoms. The van der Waals surface area contributed by atoms with Gasteiger partial charge in [-0.15, -0.1) is 0 Å². The van der Waals surface area contributed by atoms with Gasteiger partial charge in [0.1, 0.15) is 0 Å². The predicted molar refractivity (Wildman–Crippen MR) is 68.8 cm³/mol. The van der Waals surface area contributed by atoms with E-state index in [4.69, 9.17) is 0 Å². The maximum Gasteiger partial charge on any atom is 0.278 e. The smallest absolute Gasteiger partial charge is 0.278 e. The molecule has 1 fully saturated rings. The fourth-order valence-corrected chi connectivity index (χ4v) is 2.48. The maximum atomic E-state index is 11.1. The number of thiol groups is 1. The number of likely N-dealkylation sites (tertiary alicyclic amines) is 1. The summed E-state index contributed by atoms with van der Waals surface area (Å²) in [6.45, 7) is 1.72. The van der Waals surface area contributed by atoms with Gasteiger partial charge in [0.05, 0.1) is 0 Å². The Morgan fingerprint density at radius 3 is 2.44 bits per heavy atom. The minimum atomic E-state index is -0.0850. The van der Waals surface area contributed by atoms with Gasteiger partial charge in [0.2, 0.25) is 0 Å². The Hall–Kier alpha value is -0.960. The molecule has 0 aromatic heterocycles. The number of hydrogen-bond acceptors (Lipinski definition) is 1. The zero-order chi connectivity index (χ0) is 11.4. The van der Waals surface area contributed by atoms with Crippen LogP contribution in [0.15, 0.2) is 30.3 Å². The Morgan fingerprint density at radius 2 is 1.88 bits per heavy atom. The summed E-state index contributed by atoms with van der Waals surface area (Å²) < 4.78 is 0. The van der Waals surface area contributed by atoms with Gasteiger partial charge in [0, 0.05) is 13.1 Å². The number of nitrogens with zero attached hydrogens (tertiary/aromatic N) is 1. The van der Waals surface area contributed by atoms with E-state index in [0.29, 0.717) is 5.92 Å². The number of piperidine rings is 1. The number of carbonyl (C=O) groups excluding carboxylic acids is 1. The van der Waals surface area contributed by atoms with Crippen LogP contribution in [0, 0.1) is 5.92 Å². The summed E-state index contributed by atoms with van der Waals surface area (Å²) in [7, 11) is 0. The molecule has 0 bridgehead atoms. The molecule has 0 unspecified atom stereocenters. The van der Waals surface area contributed by atoms with Crippen molar-refractivity contribution in [3.63, 3.8) is 0 Å². The third kappa shape index (κ3) is 3.01. The van der Waals surface area contributed by atoms with Crippen molar-refractivity contribution in [3.8, 4) is 0 Å². The predicted octanol–water partition coefficient (Wildman–Crippen LogP) is 2.99. The fourth-order valence-electron chi connectivity index (χ4n) is 2.28. The molecule has 2 nitrogen and oxygen atoms in total. The summed E-state index contributed by atoms with van der Waals surface area (Å²) >= 11 is 3.86. The van der Waals surface area contributed by atoms with Crippen LogP contribution in [0.4, 0.5) is 4.79 Å². The summed E-state index contributed by atoms with van der Waals surface area (Å²) in [5, 5.41) is -0.0850. The van der Waals surface area contributed by atoms with Crippen molar-refractivity contribution in [1.29, 1.82) is 0 Å². The lowest BCUT2D eigenvalue weighted by atomic mass is 9.90. The molecule has 1 aliphatic heterocycles. The molecule has 86 valence electrons.